The van der Waals surface area contributed by atoms with Crippen molar-refractivity contribution < 1.29 is 4.79 Å². The molecule has 0 radical (unpaired) electrons. The van der Waals surface area contributed by atoms with Crippen molar-refractivity contribution in [2.24, 2.45) is 13.0 Å². The number of amides is 1. The van der Waals surface area contributed by atoms with Crippen LogP contribution in [0.25, 0.3) is 0 Å². The molecule has 0 aliphatic carbocycles. The first-order valence-corrected chi connectivity index (χ1v) is 5.86. The molecular weight excluding hydrogens is 202 g/mol. The molecule has 1 aromatic rings. The van der Waals surface area contributed by atoms with E-state index in [0.29, 0.717) is 5.82 Å². The maximum atomic E-state index is 11.8. The SMILES string of the molecule is CCCC[C@H](C)C(=O)Nc1cc(C)n(C)n1. The molecule has 4 heteroatoms. The Hall–Kier alpha value is -1.32. The topological polar surface area (TPSA) is 46.9 Å². The summed E-state index contributed by atoms with van der Waals surface area (Å²) in [4.78, 5) is 11.8. The van der Waals surface area contributed by atoms with E-state index < -0.39 is 0 Å². The molecule has 0 spiro atoms. The van der Waals surface area contributed by atoms with Crippen LogP contribution in [0.3, 0.4) is 0 Å². The number of nitrogens with zero attached hydrogens (tertiary/aromatic N) is 2. The van der Waals surface area contributed by atoms with Gasteiger partial charge in [-0.25, -0.2) is 0 Å². The molecule has 0 saturated carbocycles. The molecule has 0 fully saturated rings. The van der Waals surface area contributed by atoms with Crippen LogP contribution in [-0.2, 0) is 11.8 Å². The highest BCUT2D eigenvalue weighted by atomic mass is 16.1. The first-order valence-electron chi connectivity index (χ1n) is 5.86. The van der Waals surface area contributed by atoms with Crippen molar-refractivity contribution in [3.63, 3.8) is 0 Å². The largest absolute Gasteiger partial charge is 0.309 e. The fourth-order valence-corrected chi connectivity index (χ4v) is 1.51. The average molecular weight is 223 g/mol. The molecule has 0 unspecified atom stereocenters. The van der Waals surface area contributed by atoms with Gasteiger partial charge in [0.1, 0.15) is 0 Å². The summed E-state index contributed by atoms with van der Waals surface area (Å²) in [5, 5.41) is 7.04. The molecule has 1 aromatic heterocycles. The third kappa shape index (κ3) is 3.36. The Bertz CT molecular complexity index is 338. The minimum Gasteiger partial charge on any atom is -0.309 e. The monoisotopic (exact) mass is 223 g/mol. The lowest BCUT2D eigenvalue weighted by atomic mass is 10.0. The average Bonchev–Trinajstić information content (AvgIpc) is 2.54. The van der Waals surface area contributed by atoms with Gasteiger partial charge in [-0.3, -0.25) is 9.48 Å². The molecule has 0 bridgehead atoms. The van der Waals surface area contributed by atoms with Crippen LogP contribution in [0.5, 0.6) is 0 Å². The lowest BCUT2D eigenvalue weighted by Gasteiger charge is -2.09. The van der Waals surface area contributed by atoms with Gasteiger partial charge in [0.25, 0.3) is 0 Å². The summed E-state index contributed by atoms with van der Waals surface area (Å²) in [5.41, 5.74) is 1.04. The molecule has 4 nitrogen and oxygen atoms in total. The van der Waals surface area contributed by atoms with Crippen LogP contribution in [0.2, 0.25) is 0 Å². The Morgan fingerprint density at radius 3 is 2.81 bits per heavy atom. The second-order valence-corrected chi connectivity index (χ2v) is 4.33. The number of aromatic nitrogens is 2. The van der Waals surface area contributed by atoms with Gasteiger partial charge in [0.05, 0.1) is 0 Å². The van der Waals surface area contributed by atoms with E-state index in [1.54, 1.807) is 4.68 Å². The van der Waals surface area contributed by atoms with Crippen molar-refractivity contribution in [2.75, 3.05) is 5.32 Å². The first-order chi connectivity index (χ1) is 7.54. The molecule has 0 aliphatic heterocycles. The Morgan fingerprint density at radius 2 is 2.31 bits per heavy atom. The smallest absolute Gasteiger partial charge is 0.228 e. The van der Waals surface area contributed by atoms with Gasteiger partial charge in [0.2, 0.25) is 5.91 Å². The molecule has 0 aliphatic rings. The van der Waals surface area contributed by atoms with Crippen molar-refractivity contribution in [2.45, 2.75) is 40.0 Å². The van der Waals surface area contributed by atoms with Gasteiger partial charge in [-0.05, 0) is 13.3 Å². The van der Waals surface area contributed by atoms with Crippen LogP contribution in [0.1, 0.15) is 38.8 Å². The second-order valence-electron chi connectivity index (χ2n) is 4.33. The summed E-state index contributed by atoms with van der Waals surface area (Å²) >= 11 is 0. The molecule has 1 rings (SSSR count). The fraction of sp³-hybridized carbons (Fsp3) is 0.667. The maximum absolute atomic E-state index is 11.8. The standard InChI is InChI=1S/C12H21N3O/c1-5-6-7-9(2)12(16)13-11-8-10(3)15(4)14-11/h8-9H,5-7H2,1-4H3,(H,13,14,16)/t9-/m0/s1. The van der Waals surface area contributed by atoms with E-state index in [2.05, 4.69) is 17.3 Å². The Kier molecular flexibility index (Phi) is 4.52. The zero-order valence-electron chi connectivity index (χ0n) is 10.6. The van der Waals surface area contributed by atoms with Crippen molar-refractivity contribution in [3.8, 4) is 0 Å². The first kappa shape index (κ1) is 12.7. The van der Waals surface area contributed by atoms with Gasteiger partial charge in [-0.15, -0.1) is 0 Å². The highest BCUT2D eigenvalue weighted by Gasteiger charge is 2.13. The lowest BCUT2D eigenvalue weighted by Crippen LogP contribution is -2.20. The lowest BCUT2D eigenvalue weighted by molar-refractivity contribution is -0.119. The number of nitrogens with one attached hydrogen (secondary N) is 1. The normalized spacial score (nSPS) is 12.5. The Labute approximate surface area is 97.0 Å². The molecule has 0 aromatic carbocycles. The number of hydrogen-bond acceptors (Lipinski definition) is 2. The number of carbonyl (C=O) groups is 1. The number of anilines is 1. The van der Waals surface area contributed by atoms with E-state index in [1.807, 2.05) is 27.0 Å². The van der Waals surface area contributed by atoms with Gasteiger partial charge in [-0.1, -0.05) is 26.7 Å². The van der Waals surface area contributed by atoms with E-state index in [-0.39, 0.29) is 11.8 Å². The molecule has 1 amide bonds. The summed E-state index contributed by atoms with van der Waals surface area (Å²) in [6.45, 7) is 6.05. The van der Waals surface area contributed by atoms with E-state index in [4.69, 9.17) is 0 Å². The summed E-state index contributed by atoms with van der Waals surface area (Å²) in [5.74, 6) is 0.766. The van der Waals surface area contributed by atoms with E-state index >= 15 is 0 Å². The van der Waals surface area contributed by atoms with Crippen LogP contribution in [0.4, 0.5) is 5.82 Å². The molecule has 1 heterocycles. The number of rotatable bonds is 5. The van der Waals surface area contributed by atoms with Crippen molar-refractivity contribution in [3.05, 3.63) is 11.8 Å². The highest BCUT2D eigenvalue weighted by molar-refractivity contribution is 5.91. The van der Waals surface area contributed by atoms with Crippen LogP contribution in [-0.4, -0.2) is 15.7 Å². The van der Waals surface area contributed by atoms with Crippen LogP contribution in [0.15, 0.2) is 6.07 Å². The molecule has 16 heavy (non-hydrogen) atoms. The zero-order chi connectivity index (χ0) is 12.1. The number of carbonyl (C=O) groups excluding carboxylic acids is 1. The van der Waals surface area contributed by atoms with Gasteiger partial charge in [-0.2, -0.15) is 5.10 Å². The van der Waals surface area contributed by atoms with Crippen LogP contribution >= 0.6 is 0 Å². The number of aryl methyl sites for hydroxylation is 2. The maximum Gasteiger partial charge on any atom is 0.228 e. The molecule has 1 N–H and O–H groups in total. The molecule has 90 valence electrons. The third-order valence-electron chi connectivity index (χ3n) is 2.80. The van der Waals surface area contributed by atoms with E-state index in [0.717, 1.165) is 25.0 Å². The second kappa shape index (κ2) is 5.68. The fourth-order valence-electron chi connectivity index (χ4n) is 1.51. The summed E-state index contributed by atoms with van der Waals surface area (Å²) in [6, 6.07) is 1.88. The summed E-state index contributed by atoms with van der Waals surface area (Å²) in [7, 11) is 1.87. The summed E-state index contributed by atoms with van der Waals surface area (Å²) < 4.78 is 1.76. The van der Waals surface area contributed by atoms with Gasteiger partial charge >= 0.3 is 0 Å². The van der Waals surface area contributed by atoms with Crippen molar-refractivity contribution in [1.82, 2.24) is 9.78 Å². The Morgan fingerprint density at radius 1 is 1.62 bits per heavy atom. The van der Waals surface area contributed by atoms with Gasteiger partial charge in [0.15, 0.2) is 5.82 Å². The predicted molar refractivity (Wildman–Crippen MR) is 65.3 cm³/mol. The van der Waals surface area contributed by atoms with E-state index in [9.17, 15) is 4.79 Å². The molecular formula is C12H21N3O. The minimum absolute atomic E-state index is 0.0577. The van der Waals surface area contributed by atoms with Crippen LogP contribution in [0, 0.1) is 12.8 Å². The summed E-state index contributed by atoms with van der Waals surface area (Å²) in [6.07, 6.45) is 3.16. The molecule has 0 saturated heterocycles. The number of hydrogen-bond donors (Lipinski definition) is 1. The zero-order valence-corrected chi connectivity index (χ0v) is 10.6. The number of unbranched alkanes of at least 4 members (excludes halogenated alkanes) is 1. The van der Waals surface area contributed by atoms with E-state index in [1.165, 1.54) is 0 Å². The quantitative estimate of drug-likeness (QED) is 0.833. The third-order valence-corrected chi connectivity index (χ3v) is 2.80. The Balaban J connectivity index is 2.50. The molecule has 1 atom stereocenters. The van der Waals surface area contributed by atoms with Crippen molar-refractivity contribution >= 4 is 11.7 Å². The minimum atomic E-state index is 0.0577. The van der Waals surface area contributed by atoms with Crippen molar-refractivity contribution in [1.29, 1.82) is 0 Å². The van der Waals surface area contributed by atoms with Gasteiger partial charge in [0, 0.05) is 24.7 Å². The van der Waals surface area contributed by atoms with Crippen LogP contribution < -0.4 is 5.32 Å². The highest BCUT2D eigenvalue weighted by Crippen LogP contribution is 2.12. The predicted octanol–water partition coefficient (Wildman–Crippen LogP) is 2.49. The van der Waals surface area contributed by atoms with Gasteiger partial charge < -0.3 is 5.32 Å².